The Bertz CT molecular complexity index is 1000. The van der Waals surface area contributed by atoms with E-state index >= 15 is 0 Å². The third kappa shape index (κ3) is 5.07. The maximum absolute atomic E-state index is 12.9. The summed E-state index contributed by atoms with van der Waals surface area (Å²) in [5.41, 5.74) is 1.06. The van der Waals surface area contributed by atoms with Gasteiger partial charge in [0.25, 0.3) is 15.9 Å². The summed E-state index contributed by atoms with van der Waals surface area (Å²) in [7, 11) is -2.33. The van der Waals surface area contributed by atoms with E-state index in [1.165, 1.54) is 6.07 Å². The van der Waals surface area contributed by atoms with Gasteiger partial charge in [-0.1, -0.05) is 12.1 Å². The van der Waals surface area contributed by atoms with Gasteiger partial charge in [-0.05, 0) is 62.6 Å². The Morgan fingerprint density at radius 1 is 1.21 bits per heavy atom. The summed E-state index contributed by atoms with van der Waals surface area (Å²) >= 11 is 0. The van der Waals surface area contributed by atoms with Crippen molar-refractivity contribution in [1.29, 1.82) is 0 Å². The van der Waals surface area contributed by atoms with E-state index in [9.17, 15) is 13.2 Å². The number of carbonyl (C=O) groups excluding carboxylic acids is 1. The number of methoxy groups -OCH3 is 1. The Morgan fingerprint density at radius 2 is 1.97 bits per heavy atom. The summed E-state index contributed by atoms with van der Waals surface area (Å²) in [5, 5.41) is 2.70. The van der Waals surface area contributed by atoms with Crippen molar-refractivity contribution >= 4 is 21.6 Å². The monoisotopic (exact) mass is 418 g/mol. The highest BCUT2D eigenvalue weighted by Crippen LogP contribution is 2.34. The fourth-order valence-corrected chi connectivity index (χ4v) is 4.27. The lowest BCUT2D eigenvalue weighted by molar-refractivity contribution is 0.0845. The molecule has 0 aromatic heterocycles. The summed E-state index contributed by atoms with van der Waals surface area (Å²) < 4.78 is 39.3. The lowest BCUT2D eigenvalue weighted by Gasteiger charge is -2.32. The molecule has 0 aliphatic carbocycles. The van der Waals surface area contributed by atoms with Crippen LogP contribution in [0.5, 0.6) is 5.75 Å². The molecule has 0 spiro atoms. The second-order valence-electron chi connectivity index (χ2n) is 7.53. The maximum Gasteiger partial charge on any atom is 0.261 e. The number of para-hydroxylation sites is 1. The number of hydrogen-bond donors (Lipinski definition) is 2. The minimum atomic E-state index is -3.87. The molecule has 29 heavy (non-hydrogen) atoms. The lowest BCUT2D eigenvalue weighted by atomic mass is 9.94. The Kier molecular flexibility index (Phi) is 6.14. The van der Waals surface area contributed by atoms with Crippen molar-refractivity contribution in [1.82, 2.24) is 5.32 Å². The van der Waals surface area contributed by atoms with Gasteiger partial charge < -0.3 is 14.8 Å². The van der Waals surface area contributed by atoms with Crippen LogP contribution in [0, 0.1) is 0 Å². The van der Waals surface area contributed by atoms with E-state index in [0.717, 1.165) is 18.4 Å². The third-order valence-corrected chi connectivity index (χ3v) is 6.10. The van der Waals surface area contributed by atoms with Crippen molar-refractivity contribution < 1.29 is 22.7 Å². The largest absolute Gasteiger partial charge is 0.488 e. The molecule has 1 aliphatic rings. The first-order valence-corrected chi connectivity index (χ1v) is 10.9. The van der Waals surface area contributed by atoms with E-state index in [1.807, 2.05) is 13.8 Å². The van der Waals surface area contributed by atoms with Crippen LogP contribution in [0.1, 0.15) is 36.2 Å². The first kappa shape index (κ1) is 21.1. The van der Waals surface area contributed by atoms with Gasteiger partial charge in [0.1, 0.15) is 11.4 Å². The number of amides is 1. The topological polar surface area (TPSA) is 93.7 Å². The van der Waals surface area contributed by atoms with Gasteiger partial charge in [0, 0.05) is 13.7 Å². The number of sulfonamides is 1. The smallest absolute Gasteiger partial charge is 0.261 e. The quantitative estimate of drug-likeness (QED) is 0.675. The van der Waals surface area contributed by atoms with E-state index in [2.05, 4.69) is 10.0 Å². The van der Waals surface area contributed by atoms with Crippen molar-refractivity contribution in [2.24, 2.45) is 0 Å². The van der Waals surface area contributed by atoms with Gasteiger partial charge in [0.05, 0.1) is 22.8 Å². The zero-order valence-corrected chi connectivity index (χ0v) is 17.6. The average Bonchev–Trinajstić information content (AvgIpc) is 2.67. The summed E-state index contributed by atoms with van der Waals surface area (Å²) in [5.74, 6) is 0.333. The number of rotatable bonds is 7. The van der Waals surface area contributed by atoms with Crippen molar-refractivity contribution in [2.75, 3.05) is 25.0 Å². The third-order valence-electron chi connectivity index (χ3n) is 4.73. The van der Waals surface area contributed by atoms with E-state index in [4.69, 9.17) is 9.47 Å². The molecule has 0 radical (unpaired) electrons. The van der Waals surface area contributed by atoms with Crippen LogP contribution in [0.15, 0.2) is 47.4 Å². The Balaban J connectivity index is 1.83. The van der Waals surface area contributed by atoms with E-state index in [-0.39, 0.29) is 27.7 Å². The Labute approximate surface area is 171 Å². The minimum absolute atomic E-state index is 0.133. The van der Waals surface area contributed by atoms with Gasteiger partial charge in [0.15, 0.2) is 0 Å². The molecule has 156 valence electrons. The second-order valence-corrected chi connectivity index (χ2v) is 9.21. The summed E-state index contributed by atoms with van der Waals surface area (Å²) in [6.45, 7) is 4.72. The van der Waals surface area contributed by atoms with Crippen molar-refractivity contribution in [3.05, 3.63) is 53.6 Å². The number of aryl methyl sites for hydroxylation is 1. The summed E-state index contributed by atoms with van der Waals surface area (Å²) in [6, 6.07) is 11.3. The Hall–Kier alpha value is -2.58. The van der Waals surface area contributed by atoms with Crippen LogP contribution in [-0.2, 0) is 21.2 Å². The molecule has 1 heterocycles. The summed E-state index contributed by atoms with van der Waals surface area (Å²) in [6.07, 6.45) is 1.55. The SMILES string of the molecule is COCCNC(=O)c1ccccc1NS(=O)(=O)c1ccc2c(c1)CCC(C)(C)O2. The minimum Gasteiger partial charge on any atom is -0.488 e. The molecular formula is C21H26N2O5S. The van der Waals surface area contributed by atoms with Gasteiger partial charge in [-0.2, -0.15) is 0 Å². The molecule has 0 unspecified atom stereocenters. The molecule has 0 fully saturated rings. The number of anilines is 1. The standard InChI is InChI=1S/C21H26N2O5S/c1-21(2)11-10-15-14-16(8-9-19(15)28-21)29(25,26)23-18-7-5-4-6-17(18)20(24)22-12-13-27-3/h4-9,14,23H,10-13H2,1-3H3,(H,22,24). The fraction of sp³-hybridized carbons (Fsp3) is 0.381. The van der Waals surface area contributed by atoms with E-state index in [1.54, 1.807) is 43.5 Å². The highest BCUT2D eigenvalue weighted by molar-refractivity contribution is 7.92. The van der Waals surface area contributed by atoms with Crippen LogP contribution in [0.2, 0.25) is 0 Å². The summed E-state index contributed by atoms with van der Waals surface area (Å²) in [4.78, 5) is 12.5. The van der Waals surface area contributed by atoms with Gasteiger partial charge >= 0.3 is 0 Å². The van der Waals surface area contributed by atoms with Crippen LogP contribution >= 0.6 is 0 Å². The van der Waals surface area contributed by atoms with Crippen LogP contribution in [0.25, 0.3) is 0 Å². The normalized spacial score (nSPS) is 15.1. The van der Waals surface area contributed by atoms with Gasteiger partial charge in [0.2, 0.25) is 0 Å². The molecule has 2 aromatic carbocycles. The average molecular weight is 419 g/mol. The van der Waals surface area contributed by atoms with Crippen LogP contribution in [-0.4, -0.2) is 40.2 Å². The zero-order chi connectivity index (χ0) is 21.1. The molecule has 0 atom stereocenters. The number of hydrogen-bond acceptors (Lipinski definition) is 5. The number of carbonyl (C=O) groups is 1. The Morgan fingerprint density at radius 3 is 2.72 bits per heavy atom. The lowest BCUT2D eigenvalue weighted by Crippen LogP contribution is -2.32. The van der Waals surface area contributed by atoms with Crippen molar-refractivity contribution in [3.8, 4) is 5.75 Å². The molecule has 0 saturated carbocycles. The first-order chi connectivity index (χ1) is 13.7. The van der Waals surface area contributed by atoms with Crippen LogP contribution in [0.4, 0.5) is 5.69 Å². The molecule has 8 heteroatoms. The van der Waals surface area contributed by atoms with Crippen molar-refractivity contribution in [2.45, 2.75) is 37.2 Å². The van der Waals surface area contributed by atoms with Crippen LogP contribution in [0.3, 0.4) is 0 Å². The predicted molar refractivity (Wildman–Crippen MR) is 111 cm³/mol. The van der Waals surface area contributed by atoms with Crippen molar-refractivity contribution in [3.63, 3.8) is 0 Å². The molecule has 2 N–H and O–H groups in total. The zero-order valence-electron chi connectivity index (χ0n) is 16.8. The van der Waals surface area contributed by atoms with Gasteiger partial charge in [-0.25, -0.2) is 8.42 Å². The number of nitrogens with one attached hydrogen (secondary N) is 2. The molecule has 1 aliphatic heterocycles. The van der Waals surface area contributed by atoms with E-state index < -0.39 is 10.0 Å². The number of fused-ring (bicyclic) bond motifs is 1. The molecule has 2 aromatic rings. The van der Waals surface area contributed by atoms with Gasteiger partial charge in [-0.3, -0.25) is 9.52 Å². The highest BCUT2D eigenvalue weighted by atomic mass is 32.2. The molecule has 3 rings (SSSR count). The van der Waals surface area contributed by atoms with Crippen LogP contribution < -0.4 is 14.8 Å². The molecule has 0 saturated heterocycles. The molecular weight excluding hydrogens is 392 g/mol. The number of benzene rings is 2. The molecule has 0 bridgehead atoms. The molecule has 1 amide bonds. The van der Waals surface area contributed by atoms with E-state index in [0.29, 0.717) is 18.9 Å². The number of ether oxygens (including phenoxy) is 2. The predicted octanol–water partition coefficient (Wildman–Crippen LogP) is 2.97. The fourth-order valence-electron chi connectivity index (χ4n) is 3.14. The maximum atomic E-state index is 12.9. The first-order valence-electron chi connectivity index (χ1n) is 9.43. The highest BCUT2D eigenvalue weighted by Gasteiger charge is 2.28. The second kappa shape index (κ2) is 8.42. The van der Waals surface area contributed by atoms with Gasteiger partial charge in [-0.15, -0.1) is 0 Å². The molecule has 7 nitrogen and oxygen atoms in total.